The minimum Gasteiger partial charge on any atom is -0.491 e. The molecule has 2 aromatic rings. The van der Waals surface area contributed by atoms with Gasteiger partial charge >= 0.3 is 5.97 Å². The molecule has 2 unspecified atom stereocenters. The number of carboxylic acid groups (broad SMARTS) is 1. The monoisotopic (exact) mass is 515 g/mol. The Hall–Kier alpha value is -2.38. The lowest BCUT2D eigenvalue weighted by Crippen LogP contribution is -2.40. The van der Waals surface area contributed by atoms with Gasteiger partial charge in [0.15, 0.2) is 0 Å². The van der Waals surface area contributed by atoms with E-state index in [0.717, 1.165) is 34.6 Å². The van der Waals surface area contributed by atoms with E-state index in [1.54, 1.807) is 0 Å². The Morgan fingerprint density at radius 3 is 2.36 bits per heavy atom. The molecule has 1 saturated heterocycles. The number of aliphatic hydroxyl groups is 1. The highest BCUT2D eigenvalue weighted by Gasteiger charge is 2.38. The molecule has 3 rings (SSSR count). The second-order valence-electron chi connectivity index (χ2n) is 11.1. The highest BCUT2D eigenvalue weighted by Crippen LogP contribution is 2.44. The number of ether oxygens (including phenoxy) is 1. The van der Waals surface area contributed by atoms with Crippen molar-refractivity contribution in [2.75, 3.05) is 13.2 Å². The molecule has 1 aromatic heterocycles. The number of hydrogen-bond acceptors (Lipinski definition) is 5. The predicted octanol–water partition coefficient (Wildman–Crippen LogP) is 5.95. The Bertz CT molecular complexity index is 1100. The molecule has 36 heavy (non-hydrogen) atoms. The molecule has 2 atom stereocenters. The van der Waals surface area contributed by atoms with E-state index in [2.05, 4.69) is 32.0 Å². The maximum atomic E-state index is 13.4. The van der Waals surface area contributed by atoms with Crippen LogP contribution in [0.25, 0.3) is 0 Å². The summed E-state index contributed by atoms with van der Waals surface area (Å²) in [6.45, 7) is 15.0. The first-order valence-electron chi connectivity index (χ1n) is 12.9. The Kier molecular flexibility index (Phi) is 8.56. The number of aryl methyl sites for hydroxylation is 2. The van der Waals surface area contributed by atoms with Crippen molar-refractivity contribution in [2.45, 2.75) is 91.7 Å². The summed E-state index contributed by atoms with van der Waals surface area (Å²) in [6, 6.07) is 7.60. The first kappa shape index (κ1) is 28.2. The highest BCUT2D eigenvalue weighted by molar-refractivity contribution is 7.14. The molecule has 1 aliphatic rings. The third kappa shape index (κ3) is 5.47. The topological polar surface area (TPSA) is 87.1 Å². The van der Waals surface area contributed by atoms with E-state index in [4.69, 9.17) is 4.74 Å². The average molecular weight is 516 g/mol. The fourth-order valence-electron chi connectivity index (χ4n) is 5.00. The quantitative estimate of drug-likeness (QED) is 0.431. The zero-order chi connectivity index (χ0) is 26.8. The number of nitrogens with zero attached hydrogens (tertiary/aromatic N) is 1. The molecule has 7 heteroatoms. The summed E-state index contributed by atoms with van der Waals surface area (Å²) in [5.74, 6) is -0.346. The van der Waals surface area contributed by atoms with Crippen LogP contribution in [0.15, 0.2) is 24.3 Å². The molecule has 2 N–H and O–H groups in total. The SMILES string of the molecule is CCC(CC)(c1ccc(OCC(O)C(C)(C)C)c(C)c1)c1cc(C)c(C(=O)N2CCCC2C(=O)O)s1. The lowest BCUT2D eigenvalue weighted by Gasteiger charge is -2.32. The van der Waals surface area contributed by atoms with E-state index in [1.165, 1.54) is 21.8 Å². The predicted molar refractivity (Wildman–Crippen MR) is 144 cm³/mol. The van der Waals surface area contributed by atoms with Crippen molar-refractivity contribution < 1.29 is 24.5 Å². The molecular weight excluding hydrogens is 474 g/mol. The fraction of sp³-hybridized carbons (Fsp3) is 0.586. The number of carboxylic acids is 1. The highest BCUT2D eigenvalue weighted by atomic mass is 32.1. The van der Waals surface area contributed by atoms with Crippen LogP contribution in [-0.2, 0) is 10.2 Å². The van der Waals surface area contributed by atoms with Crippen molar-refractivity contribution in [1.82, 2.24) is 4.90 Å². The molecule has 198 valence electrons. The van der Waals surface area contributed by atoms with Crippen LogP contribution in [0.3, 0.4) is 0 Å². The maximum absolute atomic E-state index is 13.4. The molecule has 2 heterocycles. The summed E-state index contributed by atoms with van der Waals surface area (Å²) in [6.07, 6.45) is 2.38. The van der Waals surface area contributed by atoms with Crippen LogP contribution < -0.4 is 4.74 Å². The number of carbonyl (C=O) groups is 2. The van der Waals surface area contributed by atoms with Gasteiger partial charge in [0.05, 0.1) is 11.0 Å². The van der Waals surface area contributed by atoms with Crippen LogP contribution in [0.4, 0.5) is 0 Å². The van der Waals surface area contributed by atoms with Crippen LogP contribution in [-0.4, -0.2) is 52.3 Å². The first-order valence-corrected chi connectivity index (χ1v) is 13.7. The Balaban J connectivity index is 1.92. The number of thiophene rings is 1. The van der Waals surface area contributed by atoms with Gasteiger partial charge in [0.1, 0.15) is 18.4 Å². The Labute approximate surface area is 219 Å². The second-order valence-corrected chi connectivity index (χ2v) is 12.1. The van der Waals surface area contributed by atoms with Crippen molar-refractivity contribution in [2.24, 2.45) is 5.41 Å². The van der Waals surface area contributed by atoms with Crippen molar-refractivity contribution in [3.05, 3.63) is 50.7 Å². The van der Waals surface area contributed by atoms with Crippen LogP contribution in [0.5, 0.6) is 5.75 Å². The van der Waals surface area contributed by atoms with Crippen molar-refractivity contribution in [3.8, 4) is 5.75 Å². The van der Waals surface area contributed by atoms with Crippen molar-refractivity contribution in [3.63, 3.8) is 0 Å². The Morgan fingerprint density at radius 1 is 1.14 bits per heavy atom. The third-order valence-electron chi connectivity index (χ3n) is 7.71. The average Bonchev–Trinajstić information content (AvgIpc) is 3.46. The molecule has 0 saturated carbocycles. The van der Waals surface area contributed by atoms with E-state index in [0.29, 0.717) is 24.3 Å². The number of carbonyl (C=O) groups excluding carboxylic acids is 1. The number of rotatable bonds is 9. The standard InChI is InChI=1S/C29H41NO5S/c1-8-29(9-2,20-12-13-22(18(3)15-20)35-17-23(31)28(5,6)7)24-16-19(4)25(36-24)26(32)30-14-10-11-21(30)27(33)34/h12-13,15-16,21,23,31H,8-11,14,17H2,1-7H3,(H,33,34). The molecule has 1 aliphatic heterocycles. The summed E-state index contributed by atoms with van der Waals surface area (Å²) in [4.78, 5) is 28.3. The maximum Gasteiger partial charge on any atom is 0.326 e. The molecule has 6 nitrogen and oxygen atoms in total. The zero-order valence-electron chi connectivity index (χ0n) is 22.7. The van der Waals surface area contributed by atoms with Gasteiger partial charge in [-0.25, -0.2) is 4.79 Å². The van der Waals surface area contributed by atoms with Crippen molar-refractivity contribution >= 4 is 23.2 Å². The number of likely N-dealkylation sites (tertiary alicyclic amines) is 1. The van der Waals surface area contributed by atoms with Gasteiger partial charge in [-0.3, -0.25) is 4.79 Å². The van der Waals surface area contributed by atoms with Crippen LogP contribution in [0.1, 0.15) is 91.5 Å². The van der Waals surface area contributed by atoms with Gasteiger partial charge in [-0.05, 0) is 73.8 Å². The number of benzene rings is 1. The summed E-state index contributed by atoms with van der Waals surface area (Å²) < 4.78 is 5.96. The third-order valence-corrected chi connectivity index (χ3v) is 9.14. The van der Waals surface area contributed by atoms with Gasteiger partial charge in [0.2, 0.25) is 0 Å². The van der Waals surface area contributed by atoms with Crippen molar-refractivity contribution in [1.29, 1.82) is 0 Å². The molecule has 0 aliphatic carbocycles. The van der Waals surface area contributed by atoms with Crippen LogP contribution >= 0.6 is 11.3 Å². The Morgan fingerprint density at radius 2 is 1.81 bits per heavy atom. The summed E-state index contributed by atoms with van der Waals surface area (Å²) in [7, 11) is 0. The van der Waals surface area contributed by atoms with Crippen LogP contribution in [0.2, 0.25) is 0 Å². The van der Waals surface area contributed by atoms with E-state index < -0.39 is 18.1 Å². The smallest absolute Gasteiger partial charge is 0.326 e. The normalized spacial score (nSPS) is 17.3. The lowest BCUT2D eigenvalue weighted by molar-refractivity contribution is -0.141. The zero-order valence-corrected chi connectivity index (χ0v) is 23.5. The minimum atomic E-state index is -0.931. The number of amides is 1. The fourth-order valence-corrected chi connectivity index (χ4v) is 6.49. The number of aliphatic carboxylic acids is 1. The summed E-state index contributed by atoms with van der Waals surface area (Å²) in [5.41, 5.74) is 2.55. The van der Waals surface area contributed by atoms with Gasteiger partial charge in [0.25, 0.3) is 5.91 Å². The number of aliphatic hydroxyl groups excluding tert-OH is 1. The van der Waals surface area contributed by atoms with E-state index in [9.17, 15) is 19.8 Å². The van der Waals surface area contributed by atoms with E-state index in [-0.39, 0.29) is 23.3 Å². The van der Waals surface area contributed by atoms with Gasteiger partial charge in [0, 0.05) is 16.8 Å². The van der Waals surface area contributed by atoms with Gasteiger partial charge in [-0.1, -0.05) is 46.8 Å². The molecule has 1 aromatic carbocycles. The van der Waals surface area contributed by atoms with E-state index in [1.807, 2.05) is 40.7 Å². The summed E-state index contributed by atoms with van der Waals surface area (Å²) in [5, 5.41) is 19.9. The van der Waals surface area contributed by atoms with E-state index >= 15 is 0 Å². The largest absolute Gasteiger partial charge is 0.491 e. The number of hydrogen-bond donors (Lipinski definition) is 2. The molecular formula is C29H41NO5S. The lowest BCUT2D eigenvalue weighted by atomic mass is 9.74. The molecule has 1 fully saturated rings. The molecule has 0 bridgehead atoms. The molecule has 1 amide bonds. The molecule has 0 radical (unpaired) electrons. The summed E-state index contributed by atoms with van der Waals surface area (Å²) >= 11 is 1.50. The minimum absolute atomic E-state index is 0.174. The molecule has 0 spiro atoms. The second kappa shape index (κ2) is 10.9. The van der Waals surface area contributed by atoms with Crippen LogP contribution in [0, 0.1) is 19.3 Å². The van der Waals surface area contributed by atoms with Gasteiger partial charge < -0.3 is 19.8 Å². The van der Waals surface area contributed by atoms with Gasteiger partial charge in [-0.15, -0.1) is 11.3 Å². The first-order chi connectivity index (χ1) is 16.9. The van der Waals surface area contributed by atoms with Gasteiger partial charge in [-0.2, -0.15) is 0 Å².